The lowest BCUT2D eigenvalue weighted by Gasteiger charge is -2.17. The Morgan fingerprint density at radius 2 is 2.29 bits per heavy atom. The second-order valence-corrected chi connectivity index (χ2v) is 4.03. The molecule has 0 atom stereocenters. The van der Waals surface area contributed by atoms with E-state index >= 15 is 0 Å². The molecule has 5 heteroatoms. The number of nitrogens with two attached hydrogens (primary N) is 1. The van der Waals surface area contributed by atoms with Crippen molar-refractivity contribution in [3.63, 3.8) is 0 Å². The van der Waals surface area contributed by atoms with Gasteiger partial charge in [0, 0.05) is 5.56 Å². The number of halogens is 1. The Morgan fingerprint density at radius 1 is 1.59 bits per heavy atom. The van der Waals surface area contributed by atoms with Gasteiger partial charge in [0.2, 0.25) is 5.91 Å². The van der Waals surface area contributed by atoms with Crippen LogP contribution in [0.3, 0.4) is 0 Å². The summed E-state index contributed by atoms with van der Waals surface area (Å²) < 4.78 is 19.3. The molecule has 0 aliphatic heterocycles. The number of primary amides is 1. The molecule has 0 spiro atoms. The van der Waals surface area contributed by atoms with E-state index < -0.39 is 17.3 Å². The third kappa shape index (κ3) is 2.12. The van der Waals surface area contributed by atoms with Crippen LogP contribution < -0.4 is 5.73 Å². The Hall–Kier alpha value is -1.93. The lowest BCUT2D eigenvalue weighted by molar-refractivity contribution is -0.125. The van der Waals surface area contributed by atoms with Crippen molar-refractivity contribution in [2.24, 2.45) is 5.73 Å². The van der Waals surface area contributed by atoms with Gasteiger partial charge in [-0.05, 0) is 18.9 Å². The van der Waals surface area contributed by atoms with E-state index in [4.69, 9.17) is 15.7 Å². The number of ether oxygens (including phenoxy) is 1. The van der Waals surface area contributed by atoms with Crippen LogP contribution in [0.15, 0.2) is 18.2 Å². The molecular formula is C12H11FN2O2. The van der Waals surface area contributed by atoms with E-state index in [1.165, 1.54) is 6.07 Å². The van der Waals surface area contributed by atoms with Crippen molar-refractivity contribution in [1.29, 1.82) is 5.26 Å². The van der Waals surface area contributed by atoms with Crippen LogP contribution in [-0.2, 0) is 15.1 Å². The summed E-state index contributed by atoms with van der Waals surface area (Å²) in [7, 11) is 0. The predicted molar refractivity (Wildman–Crippen MR) is 57.2 cm³/mol. The zero-order valence-corrected chi connectivity index (χ0v) is 9.07. The summed E-state index contributed by atoms with van der Waals surface area (Å²) in [5.74, 6) is -1.16. The average molecular weight is 234 g/mol. The minimum atomic E-state index is -0.772. The molecule has 1 amide bonds. The van der Waals surface area contributed by atoms with Crippen LogP contribution in [0, 0.1) is 17.1 Å². The molecule has 88 valence electrons. The summed E-state index contributed by atoms with van der Waals surface area (Å²) in [5.41, 5.74) is 4.53. The lowest BCUT2D eigenvalue weighted by Crippen LogP contribution is -2.24. The van der Waals surface area contributed by atoms with Gasteiger partial charge in [-0.1, -0.05) is 12.1 Å². The Morgan fingerprint density at radius 3 is 2.82 bits per heavy atom. The van der Waals surface area contributed by atoms with Crippen LogP contribution in [-0.4, -0.2) is 12.5 Å². The minimum absolute atomic E-state index is 0.0172. The van der Waals surface area contributed by atoms with Crippen molar-refractivity contribution in [2.45, 2.75) is 18.4 Å². The zero-order valence-electron chi connectivity index (χ0n) is 9.07. The molecule has 1 aliphatic carbocycles. The van der Waals surface area contributed by atoms with Crippen LogP contribution in [0.2, 0.25) is 0 Å². The third-order valence-corrected chi connectivity index (χ3v) is 2.80. The maximum Gasteiger partial charge on any atom is 0.243 e. The fraction of sp³-hybridized carbons (Fsp3) is 0.333. The second-order valence-electron chi connectivity index (χ2n) is 4.03. The van der Waals surface area contributed by atoms with Gasteiger partial charge in [-0.2, -0.15) is 5.26 Å². The van der Waals surface area contributed by atoms with Crippen molar-refractivity contribution < 1.29 is 13.9 Å². The zero-order chi connectivity index (χ0) is 12.5. The molecule has 0 saturated heterocycles. The van der Waals surface area contributed by atoms with E-state index in [2.05, 4.69) is 0 Å². The second kappa shape index (κ2) is 4.15. The summed E-state index contributed by atoms with van der Waals surface area (Å²) in [6, 6.07) is 6.36. The first-order valence-electron chi connectivity index (χ1n) is 5.20. The van der Waals surface area contributed by atoms with E-state index in [1.807, 2.05) is 0 Å². The van der Waals surface area contributed by atoms with Gasteiger partial charge in [0.15, 0.2) is 0 Å². The van der Waals surface area contributed by atoms with Gasteiger partial charge in [0.05, 0.1) is 11.2 Å². The summed E-state index contributed by atoms with van der Waals surface area (Å²) in [5, 5.41) is 8.74. The highest BCUT2D eigenvalue weighted by molar-refractivity contribution is 5.75. The van der Waals surface area contributed by atoms with Crippen molar-refractivity contribution >= 4 is 5.91 Å². The monoisotopic (exact) mass is 234 g/mol. The summed E-state index contributed by atoms with van der Waals surface area (Å²) in [6.07, 6.45) is 1.26. The first kappa shape index (κ1) is 11.6. The molecule has 1 saturated carbocycles. The summed E-state index contributed by atoms with van der Waals surface area (Å²) >= 11 is 0. The highest BCUT2D eigenvalue weighted by atomic mass is 19.1. The molecule has 0 aromatic heterocycles. The van der Waals surface area contributed by atoms with Gasteiger partial charge in [0.1, 0.15) is 18.5 Å². The molecule has 2 N–H and O–H groups in total. The molecule has 17 heavy (non-hydrogen) atoms. The Balaban J connectivity index is 2.28. The molecule has 1 aromatic carbocycles. The van der Waals surface area contributed by atoms with Crippen LogP contribution >= 0.6 is 0 Å². The van der Waals surface area contributed by atoms with Gasteiger partial charge >= 0.3 is 0 Å². The molecule has 0 unspecified atom stereocenters. The largest absolute Gasteiger partial charge is 0.368 e. The Labute approximate surface area is 97.8 Å². The maximum atomic E-state index is 13.9. The number of nitriles is 1. The number of nitrogens with zero attached hydrogens (tertiary/aromatic N) is 1. The first-order chi connectivity index (χ1) is 8.09. The SMILES string of the molecule is N#Cc1cccc(C2(OCC(N)=O)CC2)c1F. The smallest absolute Gasteiger partial charge is 0.243 e. The van der Waals surface area contributed by atoms with Gasteiger partial charge in [-0.15, -0.1) is 0 Å². The molecule has 1 aromatic rings. The third-order valence-electron chi connectivity index (χ3n) is 2.80. The quantitative estimate of drug-likeness (QED) is 0.850. The van der Waals surface area contributed by atoms with Crippen LogP contribution in [0.1, 0.15) is 24.0 Å². The van der Waals surface area contributed by atoms with E-state index in [1.54, 1.807) is 18.2 Å². The standard InChI is InChI=1S/C12H11FN2O2/c13-11-8(6-14)2-1-3-9(11)12(4-5-12)17-7-10(15)16/h1-3H,4-5,7H2,(H2,15,16). The fourth-order valence-electron chi connectivity index (χ4n) is 1.78. The number of amides is 1. The highest BCUT2D eigenvalue weighted by Gasteiger charge is 2.48. The van der Waals surface area contributed by atoms with Gasteiger partial charge in [0.25, 0.3) is 0 Å². The fourth-order valence-corrected chi connectivity index (χ4v) is 1.78. The van der Waals surface area contributed by atoms with Crippen molar-refractivity contribution in [2.75, 3.05) is 6.61 Å². The van der Waals surface area contributed by atoms with Crippen LogP contribution in [0.4, 0.5) is 4.39 Å². The van der Waals surface area contributed by atoms with E-state index in [0.29, 0.717) is 18.4 Å². The summed E-state index contributed by atoms with van der Waals surface area (Å²) in [6.45, 7) is -0.240. The minimum Gasteiger partial charge on any atom is -0.368 e. The topological polar surface area (TPSA) is 76.1 Å². The number of hydrogen-bond donors (Lipinski definition) is 1. The molecule has 4 nitrogen and oxygen atoms in total. The number of carbonyl (C=O) groups excluding carboxylic acids is 1. The molecular weight excluding hydrogens is 223 g/mol. The van der Waals surface area contributed by atoms with Crippen LogP contribution in [0.25, 0.3) is 0 Å². The number of carbonyl (C=O) groups is 1. The van der Waals surface area contributed by atoms with Crippen molar-refractivity contribution in [3.05, 3.63) is 35.1 Å². The van der Waals surface area contributed by atoms with E-state index in [9.17, 15) is 9.18 Å². The molecule has 1 fully saturated rings. The molecule has 2 rings (SSSR count). The van der Waals surface area contributed by atoms with Crippen molar-refractivity contribution in [3.8, 4) is 6.07 Å². The predicted octanol–water partition coefficient (Wildman–Crippen LogP) is 1.19. The number of rotatable bonds is 4. The Kier molecular flexibility index (Phi) is 2.82. The van der Waals surface area contributed by atoms with Crippen molar-refractivity contribution in [1.82, 2.24) is 0 Å². The maximum absolute atomic E-state index is 13.9. The van der Waals surface area contributed by atoms with Gasteiger partial charge < -0.3 is 10.5 Å². The van der Waals surface area contributed by atoms with E-state index in [0.717, 1.165) is 0 Å². The highest BCUT2D eigenvalue weighted by Crippen LogP contribution is 2.50. The first-order valence-corrected chi connectivity index (χ1v) is 5.20. The molecule has 1 aliphatic rings. The summed E-state index contributed by atoms with van der Waals surface area (Å²) in [4.78, 5) is 10.7. The van der Waals surface area contributed by atoms with E-state index in [-0.39, 0.29) is 12.2 Å². The number of hydrogen-bond acceptors (Lipinski definition) is 3. The normalized spacial score (nSPS) is 16.2. The molecule has 0 bridgehead atoms. The number of benzene rings is 1. The average Bonchev–Trinajstić information content (AvgIpc) is 3.08. The Bertz CT molecular complexity index is 504. The van der Waals surface area contributed by atoms with Crippen LogP contribution in [0.5, 0.6) is 0 Å². The molecule has 0 heterocycles. The lowest BCUT2D eigenvalue weighted by atomic mass is 10.0. The molecule has 0 radical (unpaired) electrons. The van der Waals surface area contributed by atoms with Gasteiger partial charge in [-0.25, -0.2) is 4.39 Å². The van der Waals surface area contributed by atoms with Gasteiger partial charge in [-0.3, -0.25) is 4.79 Å².